The van der Waals surface area contributed by atoms with Crippen LogP contribution in [-0.4, -0.2) is 24.3 Å². The largest absolute Gasteiger partial charge is 0.469 e. The van der Waals surface area contributed by atoms with Crippen molar-refractivity contribution in [3.05, 3.63) is 0 Å². The van der Waals surface area contributed by atoms with Gasteiger partial charge in [0.25, 0.3) is 0 Å². The molecule has 0 heterocycles. The molecule has 0 aromatic heterocycles. The Hall–Kier alpha value is -0.570. The van der Waals surface area contributed by atoms with Crippen LogP contribution in [0.1, 0.15) is 72.6 Å². The molecule has 8 atom stereocenters. The van der Waals surface area contributed by atoms with Crippen LogP contribution in [0.2, 0.25) is 0 Å². The molecule has 8 unspecified atom stereocenters. The van der Waals surface area contributed by atoms with Crippen LogP contribution in [0, 0.1) is 41.4 Å². The van der Waals surface area contributed by atoms with Gasteiger partial charge in [-0.25, -0.2) is 0 Å². The van der Waals surface area contributed by atoms with E-state index in [0.717, 1.165) is 41.9 Å². The summed E-state index contributed by atoms with van der Waals surface area (Å²) < 4.78 is 4.68. The molecular weight excluding hydrogens is 300 g/mol. The van der Waals surface area contributed by atoms with Gasteiger partial charge in [-0.05, 0) is 67.1 Å². The van der Waals surface area contributed by atoms with Crippen LogP contribution < -0.4 is 0 Å². The Labute approximate surface area is 148 Å². The third-order valence-electron chi connectivity index (χ3n) is 7.22. The van der Waals surface area contributed by atoms with E-state index in [2.05, 4.69) is 18.6 Å². The Morgan fingerprint density at radius 2 is 1.67 bits per heavy atom. The Morgan fingerprint density at radius 3 is 2.25 bits per heavy atom. The van der Waals surface area contributed by atoms with Crippen molar-refractivity contribution in [2.45, 2.75) is 78.7 Å². The molecule has 2 bridgehead atoms. The maximum absolute atomic E-state index is 11.3. The standard InChI is InChI=1S/C19H32O3.C2H6/c1-4-11-6-12(5-2)19-16-9-14(18(11)19)7-13(16)8-15(20)10-17(21)22-3;1-2/h11-16,18-20H,4-10H2,1-3H3;1-2H3. The number of rotatable bonds is 6. The second-order valence-electron chi connectivity index (χ2n) is 8.05. The van der Waals surface area contributed by atoms with E-state index in [1.54, 1.807) is 0 Å². The number of carbonyl (C=O) groups is 1. The molecule has 24 heavy (non-hydrogen) atoms. The van der Waals surface area contributed by atoms with E-state index < -0.39 is 6.10 Å². The van der Waals surface area contributed by atoms with Gasteiger partial charge in [0.15, 0.2) is 0 Å². The van der Waals surface area contributed by atoms with Gasteiger partial charge in [0.05, 0.1) is 19.6 Å². The molecule has 140 valence electrons. The summed E-state index contributed by atoms with van der Waals surface area (Å²) in [5, 5.41) is 10.2. The van der Waals surface area contributed by atoms with Gasteiger partial charge in [-0.1, -0.05) is 40.5 Å². The molecule has 0 aromatic carbocycles. The zero-order chi connectivity index (χ0) is 17.9. The van der Waals surface area contributed by atoms with Gasteiger partial charge in [-0.2, -0.15) is 0 Å². The zero-order valence-electron chi connectivity index (χ0n) is 16.3. The highest BCUT2D eigenvalue weighted by molar-refractivity contribution is 5.69. The molecular formula is C21H38O3. The predicted molar refractivity (Wildman–Crippen MR) is 97.5 cm³/mol. The Bertz CT molecular complexity index is 408. The first-order valence-corrected chi connectivity index (χ1v) is 10.3. The van der Waals surface area contributed by atoms with Crippen LogP contribution >= 0.6 is 0 Å². The number of hydrogen-bond donors (Lipinski definition) is 1. The Kier molecular flexibility index (Phi) is 7.15. The number of hydrogen-bond acceptors (Lipinski definition) is 3. The molecule has 3 aliphatic carbocycles. The van der Waals surface area contributed by atoms with Crippen LogP contribution in [0.5, 0.6) is 0 Å². The minimum absolute atomic E-state index is 0.160. The Morgan fingerprint density at radius 1 is 1.04 bits per heavy atom. The van der Waals surface area contributed by atoms with Crippen molar-refractivity contribution >= 4 is 5.97 Å². The molecule has 1 N–H and O–H groups in total. The lowest BCUT2D eigenvalue weighted by Crippen LogP contribution is -2.32. The van der Waals surface area contributed by atoms with E-state index in [4.69, 9.17) is 0 Å². The molecule has 3 nitrogen and oxygen atoms in total. The number of aliphatic hydroxyl groups is 1. The minimum Gasteiger partial charge on any atom is -0.469 e. The topological polar surface area (TPSA) is 46.5 Å². The van der Waals surface area contributed by atoms with Gasteiger partial charge in [0, 0.05) is 0 Å². The summed E-state index contributed by atoms with van der Waals surface area (Å²) in [4.78, 5) is 11.3. The van der Waals surface area contributed by atoms with Crippen molar-refractivity contribution in [1.29, 1.82) is 0 Å². The maximum Gasteiger partial charge on any atom is 0.308 e. The normalized spacial score (nSPS) is 40.7. The van der Waals surface area contributed by atoms with Crippen molar-refractivity contribution in [3.63, 3.8) is 0 Å². The molecule has 0 aromatic rings. The van der Waals surface area contributed by atoms with Gasteiger partial charge >= 0.3 is 5.97 Å². The van der Waals surface area contributed by atoms with Crippen LogP contribution in [0.3, 0.4) is 0 Å². The predicted octanol–water partition coefficient (Wildman–Crippen LogP) is 4.67. The summed E-state index contributed by atoms with van der Waals surface area (Å²) in [6.45, 7) is 8.72. The van der Waals surface area contributed by atoms with Gasteiger partial charge in [0.2, 0.25) is 0 Å². The summed E-state index contributed by atoms with van der Waals surface area (Å²) in [6.07, 6.45) is 7.22. The van der Waals surface area contributed by atoms with Gasteiger partial charge in [0.1, 0.15) is 0 Å². The summed E-state index contributed by atoms with van der Waals surface area (Å²) in [5.74, 6) is 5.78. The molecule has 3 aliphatic rings. The molecule has 0 amide bonds. The molecule has 0 spiro atoms. The molecule has 0 aliphatic heterocycles. The summed E-state index contributed by atoms with van der Waals surface area (Å²) in [5.41, 5.74) is 0. The van der Waals surface area contributed by atoms with Gasteiger partial charge in [-0.15, -0.1) is 0 Å². The van der Waals surface area contributed by atoms with Crippen molar-refractivity contribution in [3.8, 4) is 0 Å². The third kappa shape index (κ3) is 3.66. The monoisotopic (exact) mass is 338 g/mol. The van der Waals surface area contributed by atoms with Crippen LogP contribution in [0.4, 0.5) is 0 Å². The van der Waals surface area contributed by atoms with Gasteiger partial charge in [-0.3, -0.25) is 4.79 Å². The fourth-order valence-electron chi connectivity index (χ4n) is 6.51. The summed E-state index contributed by atoms with van der Waals surface area (Å²) in [7, 11) is 1.40. The molecule has 3 fully saturated rings. The smallest absolute Gasteiger partial charge is 0.308 e. The summed E-state index contributed by atoms with van der Waals surface area (Å²) >= 11 is 0. The molecule has 3 heteroatoms. The van der Waals surface area contributed by atoms with Crippen LogP contribution in [0.25, 0.3) is 0 Å². The minimum atomic E-state index is -0.515. The lowest BCUT2D eigenvalue weighted by molar-refractivity contribution is -0.143. The number of ether oxygens (including phenoxy) is 1. The number of fused-ring (bicyclic) bond motifs is 5. The maximum atomic E-state index is 11.3. The molecule has 0 saturated heterocycles. The van der Waals surface area contributed by atoms with E-state index in [1.807, 2.05) is 13.8 Å². The van der Waals surface area contributed by atoms with E-state index in [1.165, 1.54) is 39.2 Å². The van der Waals surface area contributed by atoms with E-state index in [9.17, 15) is 9.90 Å². The summed E-state index contributed by atoms with van der Waals surface area (Å²) in [6, 6.07) is 0. The fraction of sp³-hybridized carbons (Fsp3) is 0.952. The van der Waals surface area contributed by atoms with E-state index >= 15 is 0 Å². The average Bonchev–Trinajstić information content (AvgIpc) is 3.26. The first-order valence-electron chi connectivity index (χ1n) is 10.3. The highest BCUT2D eigenvalue weighted by Crippen LogP contribution is 2.66. The van der Waals surface area contributed by atoms with Crippen molar-refractivity contribution in [2.75, 3.05) is 7.11 Å². The number of carbonyl (C=O) groups excluding carboxylic acids is 1. The quantitative estimate of drug-likeness (QED) is 0.716. The fourth-order valence-corrected chi connectivity index (χ4v) is 6.51. The van der Waals surface area contributed by atoms with Crippen molar-refractivity contribution < 1.29 is 14.6 Å². The zero-order valence-corrected chi connectivity index (χ0v) is 16.3. The first-order chi connectivity index (χ1) is 11.6. The molecule has 3 saturated carbocycles. The third-order valence-corrected chi connectivity index (χ3v) is 7.22. The van der Waals surface area contributed by atoms with Gasteiger partial charge < -0.3 is 9.84 Å². The van der Waals surface area contributed by atoms with Crippen LogP contribution in [-0.2, 0) is 9.53 Å². The van der Waals surface area contributed by atoms with Crippen molar-refractivity contribution in [2.24, 2.45) is 41.4 Å². The second-order valence-corrected chi connectivity index (χ2v) is 8.05. The lowest BCUT2D eigenvalue weighted by Gasteiger charge is -2.36. The second kappa shape index (κ2) is 8.69. The number of methoxy groups -OCH3 is 1. The SMILES string of the molecule is CC.CCC1CC(CC)C2C3CC(CC3CC(O)CC(=O)OC)C12. The molecule has 3 rings (SSSR count). The van der Waals surface area contributed by atoms with Crippen molar-refractivity contribution in [1.82, 2.24) is 0 Å². The molecule has 0 radical (unpaired) electrons. The van der Waals surface area contributed by atoms with Crippen LogP contribution in [0.15, 0.2) is 0 Å². The highest BCUT2D eigenvalue weighted by Gasteiger charge is 2.59. The number of aliphatic hydroxyl groups excluding tert-OH is 1. The van der Waals surface area contributed by atoms with E-state index in [-0.39, 0.29) is 12.4 Å². The first kappa shape index (κ1) is 19.8. The Balaban J connectivity index is 0.00000100. The average molecular weight is 339 g/mol. The highest BCUT2D eigenvalue weighted by atomic mass is 16.5. The lowest BCUT2D eigenvalue weighted by atomic mass is 9.69. The van der Waals surface area contributed by atoms with E-state index in [0.29, 0.717) is 5.92 Å². The number of esters is 1.